The predicted molar refractivity (Wildman–Crippen MR) is 102 cm³/mol. The number of nitrogens with zero attached hydrogens (tertiary/aromatic N) is 3. The maximum atomic E-state index is 12.6. The SMILES string of the molecule is COc1ccc(S(=O)(=O)NCC2CCN(c3cnccn3)CC2)cc1OC. The van der Waals surface area contributed by atoms with Crippen molar-refractivity contribution < 1.29 is 17.9 Å². The molecule has 9 heteroatoms. The summed E-state index contributed by atoms with van der Waals surface area (Å²) in [6.07, 6.45) is 6.87. The summed E-state index contributed by atoms with van der Waals surface area (Å²) in [7, 11) is -0.614. The lowest BCUT2D eigenvalue weighted by molar-refractivity contribution is 0.353. The molecule has 0 saturated carbocycles. The molecular formula is C18H24N4O4S. The first-order chi connectivity index (χ1) is 13.0. The number of piperidine rings is 1. The van der Waals surface area contributed by atoms with Gasteiger partial charge in [0, 0.05) is 38.1 Å². The number of benzene rings is 1. The second-order valence-electron chi connectivity index (χ2n) is 6.36. The first kappa shape index (κ1) is 19.4. The number of anilines is 1. The monoisotopic (exact) mass is 392 g/mol. The van der Waals surface area contributed by atoms with Crippen molar-refractivity contribution in [1.29, 1.82) is 0 Å². The van der Waals surface area contributed by atoms with Gasteiger partial charge in [-0.3, -0.25) is 4.98 Å². The normalized spacial score (nSPS) is 15.6. The molecule has 0 amide bonds. The highest BCUT2D eigenvalue weighted by Crippen LogP contribution is 2.29. The highest BCUT2D eigenvalue weighted by molar-refractivity contribution is 7.89. The van der Waals surface area contributed by atoms with Gasteiger partial charge < -0.3 is 14.4 Å². The number of aromatic nitrogens is 2. The van der Waals surface area contributed by atoms with Gasteiger partial charge in [-0.15, -0.1) is 0 Å². The van der Waals surface area contributed by atoms with E-state index in [9.17, 15) is 8.42 Å². The molecule has 1 aliphatic rings. The number of nitrogens with one attached hydrogen (secondary N) is 1. The molecule has 3 rings (SSSR count). The predicted octanol–water partition coefficient (Wildman–Crippen LogP) is 1.69. The molecule has 2 aromatic rings. The van der Waals surface area contributed by atoms with Crippen LogP contribution in [-0.2, 0) is 10.0 Å². The topological polar surface area (TPSA) is 93.7 Å². The van der Waals surface area contributed by atoms with Gasteiger partial charge in [0.2, 0.25) is 10.0 Å². The van der Waals surface area contributed by atoms with Crippen LogP contribution in [0.1, 0.15) is 12.8 Å². The summed E-state index contributed by atoms with van der Waals surface area (Å²) in [5, 5.41) is 0. The summed E-state index contributed by atoms with van der Waals surface area (Å²) in [5.41, 5.74) is 0. The molecule has 0 atom stereocenters. The molecule has 1 aromatic heterocycles. The van der Waals surface area contributed by atoms with Crippen LogP contribution in [0.2, 0.25) is 0 Å². The fourth-order valence-corrected chi connectivity index (χ4v) is 4.25. The number of sulfonamides is 1. The molecule has 146 valence electrons. The number of methoxy groups -OCH3 is 2. The molecule has 0 spiro atoms. The Morgan fingerprint density at radius 1 is 1.15 bits per heavy atom. The van der Waals surface area contributed by atoms with Crippen molar-refractivity contribution in [3.8, 4) is 11.5 Å². The fraction of sp³-hybridized carbons (Fsp3) is 0.444. The molecule has 1 fully saturated rings. The summed E-state index contributed by atoms with van der Waals surface area (Å²) in [6.45, 7) is 2.08. The van der Waals surface area contributed by atoms with Gasteiger partial charge in [-0.2, -0.15) is 0 Å². The lowest BCUT2D eigenvalue weighted by Crippen LogP contribution is -2.39. The Labute approximate surface area is 159 Å². The van der Waals surface area contributed by atoms with Gasteiger partial charge in [-0.1, -0.05) is 0 Å². The summed E-state index contributed by atoms with van der Waals surface area (Å²) >= 11 is 0. The number of hydrogen-bond donors (Lipinski definition) is 1. The Morgan fingerprint density at radius 2 is 1.89 bits per heavy atom. The second-order valence-corrected chi connectivity index (χ2v) is 8.13. The van der Waals surface area contributed by atoms with Crippen molar-refractivity contribution in [2.24, 2.45) is 5.92 Å². The molecule has 0 bridgehead atoms. The fourth-order valence-electron chi connectivity index (χ4n) is 3.12. The van der Waals surface area contributed by atoms with Gasteiger partial charge in [-0.25, -0.2) is 18.1 Å². The Kier molecular flexibility index (Phi) is 6.12. The van der Waals surface area contributed by atoms with Crippen LogP contribution < -0.4 is 19.1 Å². The van der Waals surface area contributed by atoms with E-state index in [1.807, 2.05) is 0 Å². The molecule has 1 aromatic carbocycles. The number of ether oxygens (including phenoxy) is 2. The third kappa shape index (κ3) is 4.67. The van der Waals surface area contributed by atoms with Gasteiger partial charge in [0.1, 0.15) is 5.82 Å². The Hall–Kier alpha value is -2.39. The average Bonchev–Trinajstić information content (AvgIpc) is 2.72. The third-order valence-corrected chi connectivity index (χ3v) is 6.14. The molecule has 0 unspecified atom stereocenters. The number of hydrogen-bond acceptors (Lipinski definition) is 7. The standard InChI is InChI=1S/C18H24N4O4S/c1-25-16-4-3-15(11-17(16)26-2)27(23,24)21-12-14-5-9-22(10-6-14)18-13-19-7-8-20-18/h3-4,7-8,11,13-14,21H,5-6,9-10,12H2,1-2H3. The minimum absolute atomic E-state index is 0.164. The van der Waals surface area contributed by atoms with Crippen LogP contribution in [0.25, 0.3) is 0 Å². The van der Waals surface area contributed by atoms with Crippen LogP contribution in [0, 0.1) is 5.92 Å². The zero-order chi connectivity index (χ0) is 19.3. The van der Waals surface area contributed by atoms with E-state index in [4.69, 9.17) is 9.47 Å². The van der Waals surface area contributed by atoms with E-state index in [0.717, 1.165) is 31.7 Å². The highest BCUT2D eigenvalue weighted by atomic mass is 32.2. The van der Waals surface area contributed by atoms with Crippen LogP contribution in [0.4, 0.5) is 5.82 Å². The van der Waals surface area contributed by atoms with Crippen LogP contribution in [0.15, 0.2) is 41.7 Å². The second kappa shape index (κ2) is 8.53. The van der Waals surface area contributed by atoms with Crippen molar-refractivity contribution in [2.45, 2.75) is 17.7 Å². The minimum Gasteiger partial charge on any atom is -0.493 e. The largest absolute Gasteiger partial charge is 0.493 e. The van der Waals surface area contributed by atoms with Gasteiger partial charge in [0.25, 0.3) is 0 Å². The van der Waals surface area contributed by atoms with Crippen molar-refractivity contribution in [2.75, 3.05) is 38.8 Å². The molecule has 8 nitrogen and oxygen atoms in total. The van der Waals surface area contributed by atoms with Crippen molar-refractivity contribution >= 4 is 15.8 Å². The lowest BCUT2D eigenvalue weighted by Gasteiger charge is -2.32. The van der Waals surface area contributed by atoms with Crippen LogP contribution in [-0.4, -0.2) is 52.2 Å². The van der Waals surface area contributed by atoms with E-state index >= 15 is 0 Å². The molecule has 1 aliphatic heterocycles. The molecule has 27 heavy (non-hydrogen) atoms. The Bertz CT molecular complexity index is 853. The molecule has 1 saturated heterocycles. The van der Waals surface area contributed by atoms with Crippen LogP contribution >= 0.6 is 0 Å². The quantitative estimate of drug-likeness (QED) is 0.766. The first-order valence-corrected chi connectivity index (χ1v) is 10.2. The third-order valence-electron chi connectivity index (χ3n) is 4.72. The molecule has 0 aliphatic carbocycles. The summed E-state index contributed by atoms with van der Waals surface area (Å²) in [4.78, 5) is 10.7. The number of rotatable bonds is 7. The zero-order valence-electron chi connectivity index (χ0n) is 15.5. The Balaban J connectivity index is 1.57. The molecular weight excluding hydrogens is 368 g/mol. The summed E-state index contributed by atoms with van der Waals surface area (Å²) < 4.78 is 38.2. The molecule has 1 N–H and O–H groups in total. The van der Waals surface area contributed by atoms with Crippen LogP contribution in [0.3, 0.4) is 0 Å². The lowest BCUT2D eigenvalue weighted by atomic mass is 9.97. The highest BCUT2D eigenvalue weighted by Gasteiger charge is 2.23. The van der Waals surface area contributed by atoms with Gasteiger partial charge in [0.05, 0.1) is 25.3 Å². The van der Waals surface area contributed by atoms with Crippen molar-refractivity contribution in [3.63, 3.8) is 0 Å². The summed E-state index contributed by atoms with van der Waals surface area (Å²) in [6, 6.07) is 4.57. The van der Waals surface area contributed by atoms with E-state index < -0.39 is 10.0 Å². The van der Waals surface area contributed by atoms with E-state index in [1.165, 1.54) is 26.4 Å². The Morgan fingerprint density at radius 3 is 2.52 bits per heavy atom. The zero-order valence-corrected chi connectivity index (χ0v) is 16.3. The summed E-state index contributed by atoms with van der Waals surface area (Å²) in [5.74, 6) is 2.03. The maximum Gasteiger partial charge on any atom is 0.240 e. The molecule has 2 heterocycles. The van der Waals surface area contributed by atoms with Crippen LogP contribution in [0.5, 0.6) is 11.5 Å². The van der Waals surface area contributed by atoms with Gasteiger partial charge >= 0.3 is 0 Å². The van der Waals surface area contributed by atoms with Crippen molar-refractivity contribution in [1.82, 2.24) is 14.7 Å². The van der Waals surface area contributed by atoms with Crippen molar-refractivity contribution in [3.05, 3.63) is 36.8 Å². The van der Waals surface area contributed by atoms with E-state index in [-0.39, 0.29) is 10.8 Å². The maximum absolute atomic E-state index is 12.6. The van der Waals surface area contributed by atoms with E-state index in [0.29, 0.717) is 18.0 Å². The van der Waals surface area contributed by atoms with Gasteiger partial charge in [-0.05, 0) is 30.9 Å². The minimum atomic E-state index is -3.60. The average molecular weight is 392 g/mol. The first-order valence-electron chi connectivity index (χ1n) is 8.76. The van der Waals surface area contributed by atoms with E-state index in [2.05, 4.69) is 19.6 Å². The van der Waals surface area contributed by atoms with Gasteiger partial charge in [0.15, 0.2) is 11.5 Å². The van der Waals surface area contributed by atoms with E-state index in [1.54, 1.807) is 24.7 Å². The smallest absolute Gasteiger partial charge is 0.240 e. The molecule has 0 radical (unpaired) electrons.